The van der Waals surface area contributed by atoms with E-state index in [1.807, 2.05) is 30.3 Å². The maximum Gasteiger partial charge on any atom is 0.338 e. The summed E-state index contributed by atoms with van der Waals surface area (Å²) >= 11 is 0. The van der Waals surface area contributed by atoms with Gasteiger partial charge in [-0.1, -0.05) is 45.4 Å². The quantitative estimate of drug-likeness (QED) is 0.885. The Hall–Kier alpha value is -1.55. The van der Waals surface area contributed by atoms with Crippen molar-refractivity contribution in [3.05, 3.63) is 30.3 Å². The number of anilines is 1. The number of benzene rings is 1. The van der Waals surface area contributed by atoms with Crippen LogP contribution in [0.2, 0.25) is 0 Å². The van der Waals surface area contributed by atoms with Crippen LogP contribution < -0.4 is 15.8 Å². The fraction of sp³-hybridized carbons (Fsp3) is 0.611. The van der Waals surface area contributed by atoms with Crippen molar-refractivity contribution in [3.8, 4) is 0 Å². The van der Waals surface area contributed by atoms with Gasteiger partial charge in [0, 0.05) is 0 Å². The molecule has 0 atom stereocenters. The van der Waals surface area contributed by atoms with Gasteiger partial charge in [-0.05, 0) is 49.1 Å². The average Bonchev–Trinajstić information content (AvgIpc) is 2.85. The zero-order valence-corrected chi connectivity index (χ0v) is 13.9. The Morgan fingerprint density at radius 3 is 2.45 bits per heavy atom. The van der Waals surface area contributed by atoms with E-state index in [9.17, 15) is 4.79 Å². The molecular formula is C18H27N3O. The van der Waals surface area contributed by atoms with E-state index >= 15 is 0 Å². The van der Waals surface area contributed by atoms with E-state index in [0.717, 1.165) is 37.3 Å². The van der Waals surface area contributed by atoms with Crippen LogP contribution >= 0.6 is 0 Å². The second-order valence-corrected chi connectivity index (χ2v) is 7.41. The third-order valence-electron chi connectivity index (χ3n) is 5.75. The lowest BCUT2D eigenvalue weighted by Gasteiger charge is -2.43. The standard InChI is InChI=1S/C18H27N3O/c1-4-17(2,3)14-10-12-18(13-11-14)19-16(22)21(20-18)15-8-6-5-7-9-15/h5-9,14,20H,4,10-13H2,1-3H3,(H,19,22). The first-order valence-corrected chi connectivity index (χ1v) is 8.41. The number of nitrogens with zero attached hydrogens (tertiary/aromatic N) is 1. The SMILES string of the molecule is CCC(C)(C)C1CCC2(CC1)NC(=O)N(c1ccccc1)N2. The van der Waals surface area contributed by atoms with Gasteiger partial charge in [-0.2, -0.15) is 0 Å². The van der Waals surface area contributed by atoms with Crippen LogP contribution in [0, 0.1) is 11.3 Å². The molecular weight excluding hydrogens is 274 g/mol. The third kappa shape index (κ3) is 2.72. The fourth-order valence-corrected chi connectivity index (χ4v) is 3.73. The van der Waals surface area contributed by atoms with E-state index in [4.69, 9.17) is 0 Å². The summed E-state index contributed by atoms with van der Waals surface area (Å²) in [7, 11) is 0. The summed E-state index contributed by atoms with van der Waals surface area (Å²) in [5.41, 5.74) is 4.47. The Labute approximate surface area is 133 Å². The lowest BCUT2D eigenvalue weighted by atomic mass is 9.67. The number of hydrogen-bond donors (Lipinski definition) is 2. The maximum atomic E-state index is 12.3. The van der Waals surface area contributed by atoms with Crippen molar-refractivity contribution in [1.29, 1.82) is 0 Å². The summed E-state index contributed by atoms with van der Waals surface area (Å²) in [6, 6.07) is 9.74. The summed E-state index contributed by atoms with van der Waals surface area (Å²) in [5, 5.41) is 4.84. The molecule has 1 aromatic rings. The monoisotopic (exact) mass is 301 g/mol. The Morgan fingerprint density at radius 1 is 1.23 bits per heavy atom. The minimum atomic E-state index is -0.257. The largest absolute Gasteiger partial charge is 0.338 e. The number of carbonyl (C=O) groups is 1. The molecule has 1 aliphatic carbocycles. The van der Waals surface area contributed by atoms with Crippen LogP contribution in [0.4, 0.5) is 10.5 Å². The average molecular weight is 301 g/mol. The van der Waals surface area contributed by atoms with Gasteiger partial charge in [-0.25, -0.2) is 15.2 Å². The molecule has 120 valence electrons. The molecule has 0 bridgehead atoms. The van der Waals surface area contributed by atoms with E-state index in [0.29, 0.717) is 5.41 Å². The van der Waals surface area contributed by atoms with Crippen LogP contribution in [-0.2, 0) is 0 Å². The first-order chi connectivity index (χ1) is 10.5. The van der Waals surface area contributed by atoms with Crippen LogP contribution in [0.5, 0.6) is 0 Å². The van der Waals surface area contributed by atoms with E-state index in [1.54, 1.807) is 5.01 Å². The number of carbonyl (C=O) groups excluding carboxylic acids is 1. The van der Waals surface area contributed by atoms with Gasteiger partial charge in [-0.3, -0.25) is 0 Å². The summed E-state index contributed by atoms with van der Waals surface area (Å²) in [6.07, 6.45) is 5.53. The Bertz CT molecular complexity index is 533. The number of amides is 2. The minimum absolute atomic E-state index is 0.0422. The number of hydrogen-bond acceptors (Lipinski definition) is 2. The normalized spacial score (nSPS) is 29.0. The van der Waals surface area contributed by atoms with Gasteiger partial charge in [-0.15, -0.1) is 0 Å². The van der Waals surface area contributed by atoms with Crippen molar-refractivity contribution < 1.29 is 4.79 Å². The molecule has 1 saturated heterocycles. The Morgan fingerprint density at radius 2 is 1.86 bits per heavy atom. The number of para-hydroxylation sites is 1. The number of urea groups is 1. The molecule has 1 saturated carbocycles. The molecule has 0 aromatic heterocycles. The molecule has 4 nitrogen and oxygen atoms in total. The molecule has 0 unspecified atom stereocenters. The van der Waals surface area contributed by atoms with Crippen molar-refractivity contribution in [2.75, 3.05) is 5.01 Å². The van der Waals surface area contributed by atoms with Gasteiger partial charge in [0.25, 0.3) is 0 Å². The van der Waals surface area contributed by atoms with Crippen LogP contribution in [0.3, 0.4) is 0 Å². The van der Waals surface area contributed by atoms with Crippen molar-refractivity contribution in [3.63, 3.8) is 0 Å². The first-order valence-electron chi connectivity index (χ1n) is 8.41. The smallest absolute Gasteiger partial charge is 0.317 e. The van der Waals surface area contributed by atoms with Gasteiger partial charge in [0.15, 0.2) is 0 Å². The molecule has 1 heterocycles. The number of rotatable bonds is 3. The third-order valence-corrected chi connectivity index (χ3v) is 5.75. The molecule has 22 heavy (non-hydrogen) atoms. The number of hydrazine groups is 1. The Balaban J connectivity index is 1.69. The van der Waals surface area contributed by atoms with Gasteiger partial charge in [0.05, 0.1) is 5.69 Å². The molecule has 3 rings (SSSR count). The predicted octanol–water partition coefficient (Wildman–Crippen LogP) is 4.04. The van der Waals surface area contributed by atoms with Crippen LogP contribution in [0.15, 0.2) is 30.3 Å². The van der Waals surface area contributed by atoms with Crippen LogP contribution in [-0.4, -0.2) is 11.7 Å². The van der Waals surface area contributed by atoms with Crippen molar-refractivity contribution >= 4 is 11.7 Å². The van der Waals surface area contributed by atoms with E-state index in [1.165, 1.54) is 6.42 Å². The lowest BCUT2D eigenvalue weighted by Crippen LogP contribution is -2.54. The predicted molar refractivity (Wildman–Crippen MR) is 89.3 cm³/mol. The summed E-state index contributed by atoms with van der Waals surface area (Å²) < 4.78 is 0. The zero-order valence-electron chi connectivity index (χ0n) is 13.9. The Kier molecular flexibility index (Phi) is 3.89. The zero-order chi connectivity index (χ0) is 15.8. The molecule has 4 heteroatoms. The first kappa shape index (κ1) is 15.3. The molecule has 0 radical (unpaired) electrons. The summed E-state index contributed by atoms with van der Waals surface area (Å²) in [6.45, 7) is 7.01. The highest BCUT2D eigenvalue weighted by molar-refractivity contribution is 5.93. The van der Waals surface area contributed by atoms with Gasteiger partial charge in [0.2, 0.25) is 0 Å². The number of nitrogens with one attached hydrogen (secondary N) is 2. The van der Waals surface area contributed by atoms with Gasteiger partial charge >= 0.3 is 6.03 Å². The van der Waals surface area contributed by atoms with Crippen molar-refractivity contribution in [1.82, 2.24) is 10.7 Å². The molecule has 2 fully saturated rings. The molecule has 2 aliphatic rings. The second-order valence-electron chi connectivity index (χ2n) is 7.41. The van der Waals surface area contributed by atoms with E-state index in [-0.39, 0.29) is 11.7 Å². The van der Waals surface area contributed by atoms with Crippen LogP contribution in [0.25, 0.3) is 0 Å². The molecule has 1 aliphatic heterocycles. The van der Waals surface area contributed by atoms with Gasteiger partial charge in [0.1, 0.15) is 5.66 Å². The highest BCUT2D eigenvalue weighted by Gasteiger charge is 2.46. The maximum absolute atomic E-state index is 12.3. The van der Waals surface area contributed by atoms with Gasteiger partial charge < -0.3 is 5.32 Å². The molecule has 1 aromatic carbocycles. The second kappa shape index (κ2) is 5.58. The molecule has 2 N–H and O–H groups in total. The summed E-state index contributed by atoms with van der Waals surface area (Å²) in [5.74, 6) is 0.743. The van der Waals surface area contributed by atoms with E-state index < -0.39 is 0 Å². The van der Waals surface area contributed by atoms with Crippen molar-refractivity contribution in [2.24, 2.45) is 11.3 Å². The van der Waals surface area contributed by atoms with Crippen molar-refractivity contribution in [2.45, 2.75) is 58.5 Å². The fourth-order valence-electron chi connectivity index (χ4n) is 3.73. The highest BCUT2D eigenvalue weighted by Crippen LogP contribution is 2.43. The van der Waals surface area contributed by atoms with Crippen LogP contribution in [0.1, 0.15) is 52.9 Å². The lowest BCUT2D eigenvalue weighted by molar-refractivity contribution is 0.0985. The van der Waals surface area contributed by atoms with E-state index in [2.05, 4.69) is 31.5 Å². The molecule has 1 spiro atoms. The molecule has 2 amide bonds. The highest BCUT2D eigenvalue weighted by atomic mass is 16.2. The summed E-state index contributed by atoms with van der Waals surface area (Å²) in [4.78, 5) is 12.3. The minimum Gasteiger partial charge on any atom is -0.317 e. The topological polar surface area (TPSA) is 44.4 Å².